The van der Waals surface area contributed by atoms with Crippen LogP contribution < -0.4 is 5.32 Å². The minimum atomic E-state index is -3.25. The largest absolute Gasteiger partial charge is 0.322 e. The summed E-state index contributed by atoms with van der Waals surface area (Å²) in [5.74, 6) is -0.261. The molecule has 0 aromatic heterocycles. The second-order valence-corrected chi connectivity index (χ2v) is 7.21. The summed E-state index contributed by atoms with van der Waals surface area (Å²) in [5.41, 5.74) is 2.38. The second kappa shape index (κ2) is 6.75. The van der Waals surface area contributed by atoms with Gasteiger partial charge in [-0.3, -0.25) is 4.79 Å². The van der Waals surface area contributed by atoms with E-state index in [0.29, 0.717) is 5.56 Å². The molecular weight excluding hydrogens is 298 g/mol. The molecule has 1 N–H and O–H groups in total. The van der Waals surface area contributed by atoms with Gasteiger partial charge in [-0.25, -0.2) is 8.42 Å². The Morgan fingerprint density at radius 2 is 1.59 bits per heavy atom. The lowest BCUT2D eigenvalue weighted by Crippen LogP contribution is -2.12. The number of hydrogen-bond donors (Lipinski definition) is 1. The molecule has 22 heavy (non-hydrogen) atoms. The van der Waals surface area contributed by atoms with Crippen molar-refractivity contribution in [3.8, 4) is 0 Å². The summed E-state index contributed by atoms with van der Waals surface area (Å²) in [6, 6.07) is 13.6. The Kier molecular flexibility index (Phi) is 4.98. The van der Waals surface area contributed by atoms with Crippen LogP contribution in [-0.4, -0.2) is 20.6 Å². The van der Waals surface area contributed by atoms with Gasteiger partial charge in [0, 0.05) is 17.5 Å². The molecule has 0 bridgehead atoms. The number of rotatable bonds is 5. The van der Waals surface area contributed by atoms with E-state index >= 15 is 0 Å². The molecule has 2 aromatic rings. The van der Waals surface area contributed by atoms with Crippen molar-refractivity contribution in [3.63, 3.8) is 0 Å². The summed E-state index contributed by atoms with van der Waals surface area (Å²) in [6.45, 7) is 2.12. The van der Waals surface area contributed by atoms with E-state index in [2.05, 4.69) is 12.2 Å². The van der Waals surface area contributed by atoms with Crippen LogP contribution in [0, 0.1) is 0 Å². The molecule has 0 heterocycles. The first-order valence-electron chi connectivity index (χ1n) is 7.10. The van der Waals surface area contributed by atoms with E-state index in [4.69, 9.17) is 0 Å². The van der Waals surface area contributed by atoms with Gasteiger partial charge in [0.1, 0.15) is 0 Å². The Morgan fingerprint density at radius 1 is 1.00 bits per heavy atom. The van der Waals surface area contributed by atoms with Crippen molar-refractivity contribution >= 4 is 21.4 Å². The van der Waals surface area contributed by atoms with Crippen molar-refractivity contribution in [2.45, 2.75) is 24.7 Å². The Labute approximate surface area is 131 Å². The van der Waals surface area contributed by atoms with Gasteiger partial charge in [0.25, 0.3) is 5.91 Å². The van der Waals surface area contributed by atoms with Gasteiger partial charge < -0.3 is 5.32 Å². The lowest BCUT2D eigenvalue weighted by Gasteiger charge is -2.07. The van der Waals surface area contributed by atoms with Crippen LogP contribution in [0.3, 0.4) is 0 Å². The van der Waals surface area contributed by atoms with Crippen molar-refractivity contribution < 1.29 is 13.2 Å². The van der Waals surface area contributed by atoms with Crippen LogP contribution in [0.25, 0.3) is 0 Å². The lowest BCUT2D eigenvalue weighted by molar-refractivity contribution is 0.102. The Bertz CT molecular complexity index is 747. The smallest absolute Gasteiger partial charge is 0.255 e. The first-order chi connectivity index (χ1) is 10.4. The maximum absolute atomic E-state index is 12.1. The first-order valence-corrected chi connectivity index (χ1v) is 8.99. The van der Waals surface area contributed by atoms with Crippen LogP contribution >= 0.6 is 0 Å². The number of benzene rings is 2. The zero-order valence-corrected chi connectivity index (χ0v) is 13.5. The average molecular weight is 317 g/mol. The summed E-state index contributed by atoms with van der Waals surface area (Å²) < 4.78 is 22.8. The van der Waals surface area contributed by atoms with Gasteiger partial charge in [0.2, 0.25) is 0 Å². The Morgan fingerprint density at radius 3 is 2.09 bits per heavy atom. The summed E-state index contributed by atoms with van der Waals surface area (Å²) in [7, 11) is -3.25. The Hall–Kier alpha value is -2.14. The van der Waals surface area contributed by atoms with E-state index in [1.165, 1.54) is 29.8 Å². The third kappa shape index (κ3) is 4.18. The van der Waals surface area contributed by atoms with E-state index in [0.717, 1.165) is 24.8 Å². The highest BCUT2D eigenvalue weighted by Crippen LogP contribution is 2.14. The molecule has 0 aliphatic heterocycles. The van der Waals surface area contributed by atoms with Crippen LogP contribution in [0.4, 0.5) is 5.69 Å². The number of hydrogen-bond acceptors (Lipinski definition) is 3. The third-order valence-corrected chi connectivity index (χ3v) is 4.42. The minimum absolute atomic E-state index is 0.202. The molecule has 0 fully saturated rings. The number of amides is 1. The molecule has 0 spiro atoms. The van der Waals surface area contributed by atoms with E-state index in [1.54, 1.807) is 0 Å². The van der Waals surface area contributed by atoms with Gasteiger partial charge in [0.05, 0.1) is 4.90 Å². The normalized spacial score (nSPS) is 11.2. The van der Waals surface area contributed by atoms with Crippen molar-refractivity contribution in [1.29, 1.82) is 0 Å². The highest BCUT2D eigenvalue weighted by Gasteiger charge is 2.10. The van der Waals surface area contributed by atoms with Gasteiger partial charge in [0.15, 0.2) is 9.84 Å². The van der Waals surface area contributed by atoms with Crippen molar-refractivity contribution in [3.05, 3.63) is 59.7 Å². The number of carbonyl (C=O) groups is 1. The number of carbonyl (C=O) groups excluding carboxylic acids is 1. The van der Waals surface area contributed by atoms with E-state index < -0.39 is 9.84 Å². The predicted octanol–water partition coefficient (Wildman–Crippen LogP) is 3.29. The van der Waals surface area contributed by atoms with Crippen LogP contribution in [-0.2, 0) is 16.3 Å². The maximum atomic E-state index is 12.1. The first kappa shape index (κ1) is 16.2. The molecule has 0 aliphatic rings. The molecule has 4 nitrogen and oxygen atoms in total. The fourth-order valence-electron chi connectivity index (χ4n) is 2.10. The molecule has 1 amide bonds. The molecule has 2 rings (SSSR count). The predicted molar refractivity (Wildman–Crippen MR) is 87.9 cm³/mol. The minimum Gasteiger partial charge on any atom is -0.322 e. The standard InChI is InChI=1S/C17H19NO3S/c1-3-4-13-5-9-15(10-6-13)18-17(19)14-7-11-16(12-8-14)22(2,20)21/h5-12H,3-4H2,1-2H3,(H,18,19). The van der Waals surface area contributed by atoms with E-state index in [-0.39, 0.29) is 10.8 Å². The zero-order valence-electron chi connectivity index (χ0n) is 12.7. The van der Waals surface area contributed by atoms with Gasteiger partial charge in [-0.05, 0) is 48.4 Å². The number of sulfone groups is 1. The Balaban J connectivity index is 2.08. The molecule has 116 valence electrons. The molecule has 0 saturated heterocycles. The molecule has 0 unspecified atom stereocenters. The van der Waals surface area contributed by atoms with Crippen LogP contribution in [0.2, 0.25) is 0 Å². The number of anilines is 1. The molecule has 2 aromatic carbocycles. The quantitative estimate of drug-likeness (QED) is 0.920. The van der Waals surface area contributed by atoms with Gasteiger partial charge in [-0.2, -0.15) is 0 Å². The third-order valence-electron chi connectivity index (χ3n) is 3.30. The molecular formula is C17H19NO3S. The summed E-state index contributed by atoms with van der Waals surface area (Å²) in [5, 5.41) is 2.80. The van der Waals surface area contributed by atoms with Crippen molar-refractivity contribution in [2.24, 2.45) is 0 Å². The summed E-state index contributed by atoms with van der Waals surface area (Å²) in [6.07, 6.45) is 3.24. The highest BCUT2D eigenvalue weighted by molar-refractivity contribution is 7.90. The van der Waals surface area contributed by atoms with Crippen molar-refractivity contribution in [2.75, 3.05) is 11.6 Å². The second-order valence-electron chi connectivity index (χ2n) is 5.20. The SMILES string of the molecule is CCCc1ccc(NC(=O)c2ccc(S(C)(=O)=O)cc2)cc1. The summed E-state index contributed by atoms with van der Waals surface area (Å²) >= 11 is 0. The molecule has 0 aliphatic carbocycles. The molecule has 5 heteroatoms. The number of aryl methyl sites for hydroxylation is 1. The topological polar surface area (TPSA) is 63.2 Å². The maximum Gasteiger partial charge on any atom is 0.255 e. The molecule has 0 radical (unpaired) electrons. The highest BCUT2D eigenvalue weighted by atomic mass is 32.2. The van der Waals surface area contributed by atoms with Crippen LogP contribution in [0.1, 0.15) is 29.3 Å². The summed E-state index contributed by atoms with van der Waals surface area (Å²) in [4.78, 5) is 12.3. The monoisotopic (exact) mass is 317 g/mol. The van der Waals surface area contributed by atoms with Gasteiger partial charge >= 0.3 is 0 Å². The van der Waals surface area contributed by atoms with Gasteiger partial charge in [-0.1, -0.05) is 25.5 Å². The molecule has 0 atom stereocenters. The fraction of sp³-hybridized carbons (Fsp3) is 0.235. The number of nitrogens with one attached hydrogen (secondary N) is 1. The van der Waals surface area contributed by atoms with Gasteiger partial charge in [-0.15, -0.1) is 0 Å². The van der Waals surface area contributed by atoms with Crippen LogP contribution in [0.5, 0.6) is 0 Å². The van der Waals surface area contributed by atoms with Crippen LogP contribution in [0.15, 0.2) is 53.4 Å². The lowest BCUT2D eigenvalue weighted by atomic mass is 10.1. The van der Waals surface area contributed by atoms with E-state index in [9.17, 15) is 13.2 Å². The van der Waals surface area contributed by atoms with E-state index in [1.807, 2.05) is 24.3 Å². The molecule has 0 saturated carbocycles. The average Bonchev–Trinajstić information content (AvgIpc) is 2.49. The van der Waals surface area contributed by atoms with Crippen molar-refractivity contribution in [1.82, 2.24) is 0 Å². The zero-order chi connectivity index (χ0) is 16.2. The fourth-order valence-corrected chi connectivity index (χ4v) is 2.73.